The molecule has 0 aliphatic rings. The van der Waals surface area contributed by atoms with Gasteiger partial charge in [-0.1, -0.05) is 11.6 Å². The maximum Gasteiger partial charge on any atom is 0.297 e. The zero-order valence-corrected chi connectivity index (χ0v) is 8.56. The average molecular weight is 242 g/mol. The van der Waals surface area contributed by atoms with Crippen LogP contribution in [-0.4, -0.2) is 14.7 Å². The summed E-state index contributed by atoms with van der Waals surface area (Å²) in [5.74, 6) is -0.829. The van der Waals surface area contributed by atoms with Crippen LogP contribution in [0.25, 0.3) is 5.69 Å². The molecule has 0 unspecified atom stereocenters. The van der Waals surface area contributed by atoms with E-state index < -0.39 is 10.7 Å². The van der Waals surface area contributed by atoms with Crippen molar-refractivity contribution in [3.63, 3.8) is 0 Å². The molecule has 2 aromatic rings. The number of hydrogen-bond acceptors (Lipinski definition) is 3. The van der Waals surface area contributed by atoms with Gasteiger partial charge >= 0.3 is 0 Å². The van der Waals surface area contributed by atoms with Crippen LogP contribution in [0.3, 0.4) is 0 Å². The first-order chi connectivity index (χ1) is 7.59. The molecule has 82 valence electrons. The normalized spacial score (nSPS) is 10.4. The molecule has 0 aliphatic carbocycles. The first-order valence-electron chi connectivity index (χ1n) is 4.23. The average Bonchev–Trinajstić information content (AvgIpc) is 2.74. The molecule has 0 amide bonds. The van der Waals surface area contributed by atoms with E-state index in [1.54, 1.807) is 6.07 Å². The van der Waals surface area contributed by atoms with Crippen molar-refractivity contribution in [3.05, 3.63) is 51.5 Å². The molecule has 0 fully saturated rings. The van der Waals surface area contributed by atoms with Gasteiger partial charge in [0.05, 0.1) is 16.0 Å². The van der Waals surface area contributed by atoms with Crippen molar-refractivity contribution in [3.8, 4) is 5.69 Å². The molecule has 0 saturated carbocycles. The van der Waals surface area contributed by atoms with Crippen molar-refractivity contribution < 1.29 is 9.31 Å². The standard InChI is InChI=1S/C9H5ClFN3O2/c10-6-4-8(13-3-1-2-12-13)9(14(15)16)5-7(6)11/h1-5H. The summed E-state index contributed by atoms with van der Waals surface area (Å²) in [5, 5.41) is 14.4. The van der Waals surface area contributed by atoms with Crippen molar-refractivity contribution in [2.75, 3.05) is 0 Å². The van der Waals surface area contributed by atoms with E-state index in [0.29, 0.717) is 0 Å². The highest BCUT2D eigenvalue weighted by atomic mass is 35.5. The van der Waals surface area contributed by atoms with E-state index in [-0.39, 0.29) is 16.4 Å². The molecule has 5 nitrogen and oxygen atoms in total. The number of rotatable bonds is 2. The van der Waals surface area contributed by atoms with E-state index >= 15 is 0 Å². The Morgan fingerprint density at radius 2 is 2.25 bits per heavy atom. The van der Waals surface area contributed by atoms with E-state index in [1.165, 1.54) is 23.1 Å². The molecule has 0 saturated heterocycles. The Kier molecular flexibility index (Phi) is 2.57. The Bertz CT molecular complexity index is 542. The van der Waals surface area contributed by atoms with Crippen LogP contribution in [0, 0.1) is 15.9 Å². The van der Waals surface area contributed by atoms with E-state index in [4.69, 9.17) is 11.6 Å². The predicted octanol–water partition coefficient (Wildman–Crippen LogP) is 2.57. The summed E-state index contributed by atoms with van der Waals surface area (Å²) in [5.41, 5.74) is -0.257. The maximum absolute atomic E-state index is 13.1. The number of halogens is 2. The van der Waals surface area contributed by atoms with Gasteiger partial charge in [-0.05, 0) is 12.1 Å². The molecule has 2 rings (SSSR count). The molecule has 1 aromatic heterocycles. The fraction of sp³-hybridized carbons (Fsp3) is 0. The van der Waals surface area contributed by atoms with Crippen LogP contribution in [0.1, 0.15) is 0 Å². The Hall–Kier alpha value is -1.95. The topological polar surface area (TPSA) is 61.0 Å². The lowest BCUT2D eigenvalue weighted by Crippen LogP contribution is -2.01. The fourth-order valence-corrected chi connectivity index (χ4v) is 1.42. The van der Waals surface area contributed by atoms with Crippen LogP contribution in [0.15, 0.2) is 30.6 Å². The van der Waals surface area contributed by atoms with Gasteiger partial charge in [-0.2, -0.15) is 5.10 Å². The summed E-state index contributed by atoms with van der Waals surface area (Å²) in [6.07, 6.45) is 2.97. The molecular weight excluding hydrogens is 237 g/mol. The second-order valence-electron chi connectivity index (χ2n) is 2.96. The minimum atomic E-state index is -0.829. The number of nitrogens with zero attached hydrogens (tertiary/aromatic N) is 3. The van der Waals surface area contributed by atoms with Crippen molar-refractivity contribution in [2.24, 2.45) is 0 Å². The Labute approximate surface area is 94.2 Å². The maximum atomic E-state index is 13.1. The zero-order valence-electron chi connectivity index (χ0n) is 7.80. The molecule has 0 spiro atoms. The summed E-state index contributed by atoms with van der Waals surface area (Å²) < 4.78 is 14.3. The fourth-order valence-electron chi connectivity index (χ4n) is 1.27. The number of hydrogen-bond donors (Lipinski definition) is 0. The van der Waals surface area contributed by atoms with Gasteiger partial charge < -0.3 is 0 Å². The third-order valence-electron chi connectivity index (χ3n) is 1.97. The van der Waals surface area contributed by atoms with Crippen molar-refractivity contribution in [1.82, 2.24) is 9.78 Å². The van der Waals surface area contributed by atoms with Gasteiger partial charge in [0, 0.05) is 12.4 Å². The molecule has 0 N–H and O–H groups in total. The Balaban J connectivity index is 2.68. The molecular formula is C9H5ClFN3O2. The van der Waals surface area contributed by atoms with Crippen LogP contribution in [0.4, 0.5) is 10.1 Å². The monoisotopic (exact) mass is 241 g/mol. The first-order valence-corrected chi connectivity index (χ1v) is 4.61. The number of nitro groups is 1. The van der Waals surface area contributed by atoms with Gasteiger partial charge in [0.25, 0.3) is 5.69 Å². The van der Waals surface area contributed by atoms with Crippen molar-refractivity contribution in [1.29, 1.82) is 0 Å². The van der Waals surface area contributed by atoms with E-state index in [0.717, 1.165) is 6.07 Å². The minimum Gasteiger partial charge on any atom is -0.258 e. The first kappa shape index (κ1) is 10.6. The lowest BCUT2D eigenvalue weighted by Gasteiger charge is -2.04. The SMILES string of the molecule is O=[N+]([O-])c1cc(F)c(Cl)cc1-n1cccn1. The van der Waals surface area contributed by atoms with Crippen LogP contribution < -0.4 is 0 Å². The highest BCUT2D eigenvalue weighted by Gasteiger charge is 2.19. The van der Waals surface area contributed by atoms with Gasteiger partial charge in [-0.25, -0.2) is 9.07 Å². The van der Waals surface area contributed by atoms with E-state index in [1.807, 2.05) is 0 Å². The van der Waals surface area contributed by atoms with Gasteiger partial charge in [0.2, 0.25) is 0 Å². The summed E-state index contributed by atoms with van der Waals surface area (Å²) in [7, 11) is 0. The molecule has 0 radical (unpaired) electrons. The highest BCUT2D eigenvalue weighted by Crippen LogP contribution is 2.28. The second-order valence-corrected chi connectivity index (χ2v) is 3.37. The lowest BCUT2D eigenvalue weighted by molar-refractivity contribution is -0.384. The summed E-state index contributed by atoms with van der Waals surface area (Å²) in [6.45, 7) is 0. The van der Waals surface area contributed by atoms with Crippen LogP contribution in [-0.2, 0) is 0 Å². The lowest BCUT2D eigenvalue weighted by atomic mass is 10.2. The molecule has 16 heavy (non-hydrogen) atoms. The van der Waals surface area contributed by atoms with Gasteiger partial charge in [0.1, 0.15) is 11.5 Å². The van der Waals surface area contributed by atoms with Crippen molar-refractivity contribution >= 4 is 17.3 Å². The highest BCUT2D eigenvalue weighted by molar-refractivity contribution is 6.31. The zero-order chi connectivity index (χ0) is 11.7. The quantitative estimate of drug-likeness (QED) is 0.600. The van der Waals surface area contributed by atoms with Gasteiger partial charge in [-0.3, -0.25) is 10.1 Å². The number of nitro benzene ring substituents is 1. The largest absolute Gasteiger partial charge is 0.297 e. The number of benzene rings is 1. The summed E-state index contributed by atoms with van der Waals surface area (Å²) >= 11 is 5.57. The minimum absolute atomic E-state index is 0.126. The Morgan fingerprint density at radius 1 is 1.50 bits per heavy atom. The van der Waals surface area contributed by atoms with Crippen molar-refractivity contribution in [2.45, 2.75) is 0 Å². The molecule has 0 atom stereocenters. The van der Waals surface area contributed by atoms with Crippen LogP contribution >= 0.6 is 11.6 Å². The van der Waals surface area contributed by atoms with Crippen LogP contribution in [0.2, 0.25) is 5.02 Å². The van der Waals surface area contributed by atoms with E-state index in [9.17, 15) is 14.5 Å². The molecule has 0 bridgehead atoms. The van der Waals surface area contributed by atoms with E-state index in [2.05, 4.69) is 5.10 Å². The smallest absolute Gasteiger partial charge is 0.258 e. The molecule has 1 heterocycles. The van der Waals surface area contributed by atoms with Gasteiger partial charge in [0.15, 0.2) is 0 Å². The van der Waals surface area contributed by atoms with Crippen LogP contribution in [0.5, 0.6) is 0 Å². The Morgan fingerprint density at radius 3 is 2.81 bits per heavy atom. The number of aromatic nitrogens is 2. The molecule has 1 aromatic carbocycles. The van der Waals surface area contributed by atoms with Gasteiger partial charge in [-0.15, -0.1) is 0 Å². The predicted molar refractivity (Wildman–Crippen MR) is 55.2 cm³/mol. The third kappa shape index (κ3) is 1.74. The second kappa shape index (κ2) is 3.90. The third-order valence-corrected chi connectivity index (χ3v) is 2.26. The molecule has 0 aliphatic heterocycles. The summed E-state index contributed by atoms with van der Waals surface area (Å²) in [4.78, 5) is 10.1. The summed E-state index contributed by atoms with van der Waals surface area (Å²) in [6, 6.07) is 3.54. The molecule has 7 heteroatoms.